The summed E-state index contributed by atoms with van der Waals surface area (Å²) in [6.07, 6.45) is 0. The van der Waals surface area contributed by atoms with Crippen LogP contribution < -0.4 is 4.90 Å². The number of aromatic hydroxyl groups is 1. The average Bonchev–Trinajstić information content (AvgIpc) is 2.46. The summed E-state index contributed by atoms with van der Waals surface area (Å²) in [7, 11) is 1.59. The lowest BCUT2D eigenvalue weighted by Gasteiger charge is -2.17. The first-order valence-corrected chi connectivity index (χ1v) is 5.89. The fraction of sp³-hybridized carbons (Fsp3) is 0.0667. The molecule has 0 aliphatic heterocycles. The van der Waals surface area contributed by atoms with E-state index in [1.54, 1.807) is 19.2 Å². The number of carbonyl (C=O) groups excluding carboxylic acids is 1. The monoisotopic (exact) mass is 271 g/mol. The maximum absolute atomic E-state index is 12.2. The lowest BCUT2D eigenvalue weighted by molar-refractivity contribution is 0.0696. The first-order chi connectivity index (χ1) is 9.49. The number of carbonyl (C=O) groups is 2. The molecule has 5 heteroatoms. The van der Waals surface area contributed by atoms with E-state index in [0.717, 1.165) is 0 Å². The molecular formula is C15H13NO4. The van der Waals surface area contributed by atoms with Gasteiger partial charge in [-0.25, -0.2) is 4.79 Å². The third kappa shape index (κ3) is 2.77. The predicted octanol–water partition coefficient (Wildman–Crippen LogP) is 2.37. The van der Waals surface area contributed by atoms with Gasteiger partial charge in [0.15, 0.2) is 0 Å². The van der Waals surface area contributed by atoms with Crippen molar-refractivity contribution in [1.29, 1.82) is 0 Å². The highest BCUT2D eigenvalue weighted by Crippen LogP contribution is 2.20. The standard InChI is InChI=1S/C15H13NO4/c1-16(12-3-2-4-13(17)9-12)14(18)10-5-7-11(8-6-10)15(19)20/h2-9,17H,1H3,(H,19,20). The zero-order valence-corrected chi connectivity index (χ0v) is 10.8. The number of hydrogen-bond donors (Lipinski definition) is 2. The highest BCUT2D eigenvalue weighted by Gasteiger charge is 2.14. The van der Waals surface area contributed by atoms with E-state index in [1.807, 2.05) is 0 Å². The van der Waals surface area contributed by atoms with Crippen molar-refractivity contribution in [3.63, 3.8) is 0 Å². The average molecular weight is 271 g/mol. The van der Waals surface area contributed by atoms with E-state index in [0.29, 0.717) is 11.3 Å². The largest absolute Gasteiger partial charge is 0.508 e. The van der Waals surface area contributed by atoms with Crippen molar-refractivity contribution in [2.24, 2.45) is 0 Å². The Morgan fingerprint density at radius 2 is 1.60 bits per heavy atom. The summed E-state index contributed by atoms with van der Waals surface area (Å²) in [5, 5.41) is 18.2. The number of carboxylic acid groups (broad SMARTS) is 1. The van der Waals surface area contributed by atoms with Gasteiger partial charge in [0, 0.05) is 24.4 Å². The molecule has 0 aliphatic rings. The molecule has 0 aromatic heterocycles. The number of phenolic OH excluding ortho intramolecular Hbond substituents is 1. The second kappa shape index (κ2) is 5.44. The molecule has 0 fully saturated rings. The molecule has 0 heterocycles. The lowest BCUT2D eigenvalue weighted by Crippen LogP contribution is -2.26. The molecule has 2 aromatic rings. The fourth-order valence-electron chi connectivity index (χ4n) is 1.77. The van der Waals surface area contributed by atoms with Gasteiger partial charge in [-0.05, 0) is 36.4 Å². The molecular weight excluding hydrogens is 258 g/mol. The predicted molar refractivity (Wildman–Crippen MR) is 74.2 cm³/mol. The Bertz CT molecular complexity index is 649. The topological polar surface area (TPSA) is 77.8 Å². The van der Waals surface area contributed by atoms with E-state index in [9.17, 15) is 14.7 Å². The Morgan fingerprint density at radius 3 is 2.15 bits per heavy atom. The van der Waals surface area contributed by atoms with E-state index >= 15 is 0 Å². The first kappa shape index (κ1) is 13.6. The first-order valence-electron chi connectivity index (χ1n) is 5.89. The van der Waals surface area contributed by atoms with Crippen LogP contribution in [0.4, 0.5) is 5.69 Å². The molecule has 0 atom stereocenters. The van der Waals surface area contributed by atoms with Gasteiger partial charge in [-0.3, -0.25) is 4.79 Å². The molecule has 0 unspecified atom stereocenters. The molecule has 0 radical (unpaired) electrons. The minimum absolute atomic E-state index is 0.0726. The number of nitrogens with zero attached hydrogens (tertiary/aromatic N) is 1. The Balaban J connectivity index is 2.24. The highest BCUT2D eigenvalue weighted by molar-refractivity contribution is 6.06. The Morgan fingerprint density at radius 1 is 1.00 bits per heavy atom. The third-order valence-corrected chi connectivity index (χ3v) is 2.90. The SMILES string of the molecule is CN(C(=O)c1ccc(C(=O)O)cc1)c1cccc(O)c1. The van der Waals surface area contributed by atoms with Gasteiger partial charge in [0.25, 0.3) is 5.91 Å². The van der Waals surface area contributed by atoms with Crippen LogP contribution in [0, 0.1) is 0 Å². The number of phenols is 1. The summed E-state index contributed by atoms with van der Waals surface area (Å²) < 4.78 is 0. The van der Waals surface area contributed by atoms with Crippen molar-refractivity contribution in [1.82, 2.24) is 0 Å². The maximum Gasteiger partial charge on any atom is 0.335 e. The number of aromatic carboxylic acids is 1. The number of rotatable bonds is 3. The van der Waals surface area contributed by atoms with Gasteiger partial charge in [0.2, 0.25) is 0 Å². The van der Waals surface area contributed by atoms with Crippen molar-refractivity contribution < 1.29 is 19.8 Å². The normalized spacial score (nSPS) is 10.1. The zero-order chi connectivity index (χ0) is 14.7. The Hall–Kier alpha value is -2.82. The summed E-state index contributed by atoms with van der Waals surface area (Å²) in [5.74, 6) is -1.25. The van der Waals surface area contributed by atoms with Gasteiger partial charge in [-0.15, -0.1) is 0 Å². The summed E-state index contributed by atoms with van der Waals surface area (Å²) in [5.41, 5.74) is 1.06. The summed E-state index contributed by atoms with van der Waals surface area (Å²) in [4.78, 5) is 24.4. The van der Waals surface area contributed by atoms with E-state index < -0.39 is 5.97 Å². The molecule has 20 heavy (non-hydrogen) atoms. The summed E-state index contributed by atoms with van der Waals surface area (Å²) >= 11 is 0. The zero-order valence-electron chi connectivity index (χ0n) is 10.8. The van der Waals surface area contributed by atoms with Crippen LogP contribution in [-0.2, 0) is 0 Å². The summed E-state index contributed by atoms with van der Waals surface area (Å²) in [6, 6.07) is 12.0. The van der Waals surface area contributed by atoms with Crippen LogP contribution in [0.3, 0.4) is 0 Å². The second-order valence-electron chi connectivity index (χ2n) is 4.27. The van der Waals surface area contributed by atoms with Gasteiger partial charge < -0.3 is 15.1 Å². The van der Waals surface area contributed by atoms with Crippen molar-refractivity contribution in [2.45, 2.75) is 0 Å². The number of carboxylic acids is 1. The number of anilines is 1. The van der Waals surface area contributed by atoms with Gasteiger partial charge >= 0.3 is 5.97 Å². The maximum atomic E-state index is 12.2. The third-order valence-electron chi connectivity index (χ3n) is 2.90. The van der Waals surface area contributed by atoms with Gasteiger partial charge in [-0.1, -0.05) is 6.07 Å². The van der Waals surface area contributed by atoms with Gasteiger partial charge in [0.05, 0.1) is 5.56 Å². The summed E-state index contributed by atoms with van der Waals surface area (Å²) in [6.45, 7) is 0. The Kier molecular flexibility index (Phi) is 3.70. The van der Waals surface area contributed by atoms with Crippen LogP contribution in [0.15, 0.2) is 48.5 Å². The molecule has 5 nitrogen and oxygen atoms in total. The smallest absolute Gasteiger partial charge is 0.335 e. The van der Waals surface area contributed by atoms with Crippen LogP contribution in [-0.4, -0.2) is 29.1 Å². The fourth-order valence-corrected chi connectivity index (χ4v) is 1.77. The molecule has 0 saturated heterocycles. The van der Waals surface area contributed by atoms with E-state index in [4.69, 9.17) is 5.11 Å². The molecule has 2 aromatic carbocycles. The van der Waals surface area contributed by atoms with Crippen molar-refractivity contribution in [3.05, 3.63) is 59.7 Å². The number of amides is 1. The van der Waals surface area contributed by atoms with Crippen LogP contribution in [0.2, 0.25) is 0 Å². The minimum Gasteiger partial charge on any atom is -0.508 e. The minimum atomic E-state index is -1.04. The van der Waals surface area contributed by atoms with Crippen LogP contribution in [0.5, 0.6) is 5.75 Å². The van der Waals surface area contributed by atoms with Crippen LogP contribution >= 0.6 is 0 Å². The molecule has 102 valence electrons. The van der Waals surface area contributed by atoms with Crippen molar-refractivity contribution in [2.75, 3.05) is 11.9 Å². The van der Waals surface area contributed by atoms with E-state index in [2.05, 4.69) is 0 Å². The lowest BCUT2D eigenvalue weighted by atomic mass is 10.1. The molecule has 0 bridgehead atoms. The highest BCUT2D eigenvalue weighted by atomic mass is 16.4. The van der Waals surface area contributed by atoms with Crippen molar-refractivity contribution >= 4 is 17.6 Å². The van der Waals surface area contributed by atoms with Gasteiger partial charge in [-0.2, -0.15) is 0 Å². The quantitative estimate of drug-likeness (QED) is 0.898. The van der Waals surface area contributed by atoms with E-state index in [-0.39, 0.29) is 17.2 Å². The molecule has 0 aliphatic carbocycles. The molecule has 0 saturated carbocycles. The van der Waals surface area contributed by atoms with Crippen LogP contribution in [0.25, 0.3) is 0 Å². The molecule has 0 spiro atoms. The molecule has 2 rings (SSSR count). The molecule has 2 N–H and O–H groups in total. The van der Waals surface area contributed by atoms with Crippen LogP contribution in [0.1, 0.15) is 20.7 Å². The second-order valence-corrected chi connectivity index (χ2v) is 4.27. The Labute approximate surface area is 115 Å². The van der Waals surface area contributed by atoms with Gasteiger partial charge in [0.1, 0.15) is 5.75 Å². The van der Waals surface area contributed by atoms with Crippen molar-refractivity contribution in [3.8, 4) is 5.75 Å². The number of hydrogen-bond acceptors (Lipinski definition) is 3. The molecule has 1 amide bonds. The van der Waals surface area contributed by atoms with E-state index in [1.165, 1.54) is 41.3 Å². The number of benzene rings is 2.